The Morgan fingerprint density at radius 1 is 1.22 bits per heavy atom. The first-order chi connectivity index (χ1) is 12.8. The molecule has 0 bridgehead atoms. The van der Waals surface area contributed by atoms with E-state index in [1.165, 1.54) is 24.3 Å². The van der Waals surface area contributed by atoms with Gasteiger partial charge in [0.25, 0.3) is 5.91 Å². The first kappa shape index (κ1) is 19.3. The number of carbonyl (C=O) groups is 3. The molecule has 146 valence electrons. The van der Waals surface area contributed by atoms with Crippen molar-refractivity contribution in [1.82, 2.24) is 15.1 Å². The van der Waals surface area contributed by atoms with Gasteiger partial charge in [-0.05, 0) is 38.0 Å². The Kier molecular flexibility index (Phi) is 5.19. The molecule has 0 saturated carbocycles. The molecule has 4 amide bonds. The van der Waals surface area contributed by atoms with Crippen LogP contribution in [0.15, 0.2) is 24.3 Å². The van der Waals surface area contributed by atoms with Crippen LogP contribution >= 0.6 is 0 Å². The van der Waals surface area contributed by atoms with Crippen molar-refractivity contribution in [3.05, 3.63) is 35.6 Å². The standard InChI is InChI=1S/C19H24FN3O4/c1-4-19(14-5-7-15(20)8-6-14)17(25)23(18(26)21-19)11-16(24)22-9-12(2)27-13(3)10-22/h5-8,12-13H,4,9-11H2,1-3H3,(H,21,26)/t12-,13-,19+/m0/s1. The summed E-state index contributed by atoms with van der Waals surface area (Å²) in [7, 11) is 0. The average molecular weight is 377 g/mol. The molecule has 1 aromatic carbocycles. The molecule has 8 heteroatoms. The fourth-order valence-electron chi connectivity index (χ4n) is 3.76. The lowest BCUT2D eigenvalue weighted by Gasteiger charge is -2.35. The summed E-state index contributed by atoms with van der Waals surface area (Å²) in [4.78, 5) is 40.7. The van der Waals surface area contributed by atoms with E-state index in [1.807, 2.05) is 13.8 Å². The Bertz CT molecular complexity index is 744. The van der Waals surface area contributed by atoms with Crippen molar-refractivity contribution in [2.75, 3.05) is 19.6 Å². The van der Waals surface area contributed by atoms with E-state index in [0.717, 1.165) is 4.90 Å². The summed E-state index contributed by atoms with van der Waals surface area (Å²) in [5, 5.41) is 2.70. The number of nitrogens with one attached hydrogen (secondary N) is 1. The van der Waals surface area contributed by atoms with Gasteiger partial charge < -0.3 is 15.0 Å². The fourth-order valence-corrected chi connectivity index (χ4v) is 3.76. The predicted octanol–water partition coefficient (Wildman–Crippen LogP) is 1.62. The zero-order chi connectivity index (χ0) is 19.8. The normalized spacial score (nSPS) is 28.4. The summed E-state index contributed by atoms with van der Waals surface area (Å²) in [6.45, 7) is 6.03. The molecular formula is C19H24FN3O4. The molecule has 0 radical (unpaired) electrons. The Morgan fingerprint density at radius 3 is 2.37 bits per heavy atom. The number of amides is 4. The number of carbonyl (C=O) groups excluding carboxylic acids is 3. The fraction of sp³-hybridized carbons (Fsp3) is 0.526. The molecule has 0 aromatic heterocycles. The molecule has 2 heterocycles. The van der Waals surface area contributed by atoms with Crippen molar-refractivity contribution in [1.29, 1.82) is 0 Å². The number of imide groups is 1. The number of nitrogens with zero attached hydrogens (tertiary/aromatic N) is 2. The minimum absolute atomic E-state index is 0.102. The van der Waals surface area contributed by atoms with Crippen molar-refractivity contribution in [3.8, 4) is 0 Å². The maximum Gasteiger partial charge on any atom is 0.325 e. The van der Waals surface area contributed by atoms with E-state index >= 15 is 0 Å². The third-order valence-corrected chi connectivity index (χ3v) is 5.11. The van der Waals surface area contributed by atoms with E-state index in [2.05, 4.69) is 5.32 Å². The quantitative estimate of drug-likeness (QED) is 0.809. The summed E-state index contributed by atoms with van der Waals surface area (Å²) in [5.74, 6) is -1.22. The molecule has 0 spiro atoms. The second kappa shape index (κ2) is 7.26. The molecule has 2 aliphatic rings. The summed E-state index contributed by atoms with van der Waals surface area (Å²) >= 11 is 0. The number of urea groups is 1. The second-order valence-corrected chi connectivity index (χ2v) is 7.14. The van der Waals surface area contributed by atoms with Crippen LogP contribution < -0.4 is 5.32 Å². The van der Waals surface area contributed by atoms with E-state index in [4.69, 9.17) is 4.74 Å². The maximum atomic E-state index is 13.3. The molecule has 3 rings (SSSR count). The van der Waals surface area contributed by atoms with Gasteiger partial charge in [-0.15, -0.1) is 0 Å². The van der Waals surface area contributed by atoms with Crippen molar-refractivity contribution in [2.45, 2.75) is 44.9 Å². The highest BCUT2D eigenvalue weighted by atomic mass is 19.1. The minimum Gasteiger partial charge on any atom is -0.372 e. The summed E-state index contributed by atoms with van der Waals surface area (Å²) in [6, 6.07) is 4.84. The number of rotatable bonds is 4. The van der Waals surface area contributed by atoms with Crippen molar-refractivity contribution < 1.29 is 23.5 Å². The zero-order valence-corrected chi connectivity index (χ0v) is 15.7. The second-order valence-electron chi connectivity index (χ2n) is 7.14. The van der Waals surface area contributed by atoms with Gasteiger partial charge in [-0.3, -0.25) is 14.5 Å². The molecule has 2 aliphatic heterocycles. The van der Waals surface area contributed by atoms with Crippen molar-refractivity contribution in [2.24, 2.45) is 0 Å². The third kappa shape index (κ3) is 3.53. The lowest BCUT2D eigenvalue weighted by molar-refractivity contribution is -0.147. The highest BCUT2D eigenvalue weighted by Crippen LogP contribution is 2.32. The van der Waals surface area contributed by atoms with E-state index in [9.17, 15) is 18.8 Å². The average Bonchev–Trinajstić information content (AvgIpc) is 2.86. The third-order valence-electron chi connectivity index (χ3n) is 5.11. The number of hydrogen-bond acceptors (Lipinski definition) is 4. The predicted molar refractivity (Wildman–Crippen MR) is 95.2 cm³/mol. The van der Waals surface area contributed by atoms with Gasteiger partial charge >= 0.3 is 6.03 Å². The molecule has 27 heavy (non-hydrogen) atoms. The van der Waals surface area contributed by atoms with Crippen LogP contribution in [-0.4, -0.2) is 59.5 Å². The van der Waals surface area contributed by atoms with Gasteiger partial charge in [-0.1, -0.05) is 19.1 Å². The van der Waals surface area contributed by atoms with Crippen LogP contribution in [-0.2, 0) is 19.9 Å². The number of hydrogen-bond donors (Lipinski definition) is 1. The largest absolute Gasteiger partial charge is 0.372 e. The first-order valence-electron chi connectivity index (χ1n) is 9.10. The highest BCUT2D eigenvalue weighted by molar-refractivity contribution is 6.09. The van der Waals surface area contributed by atoms with Gasteiger partial charge in [0.1, 0.15) is 17.9 Å². The van der Waals surface area contributed by atoms with E-state index in [0.29, 0.717) is 25.1 Å². The zero-order valence-electron chi connectivity index (χ0n) is 15.7. The maximum absolute atomic E-state index is 13.3. The summed E-state index contributed by atoms with van der Waals surface area (Å²) in [5.41, 5.74) is -0.787. The van der Waals surface area contributed by atoms with Gasteiger partial charge in [0.05, 0.1) is 12.2 Å². The Labute approximate surface area is 157 Å². The molecule has 3 atom stereocenters. The van der Waals surface area contributed by atoms with Crippen LogP contribution in [0.3, 0.4) is 0 Å². The van der Waals surface area contributed by atoms with Crippen LogP contribution in [0.2, 0.25) is 0 Å². The van der Waals surface area contributed by atoms with Gasteiger partial charge in [-0.2, -0.15) is 0 Å². The molecule has 0 unspecified atom stereocenters. The van der Waals surface area contributed by atoms with Crippen LogP contribution in [0, 0.1) is 5.82 Å². The molecule has 1 N–H and O–H groups in total. The molecule has 0 aliphatic carbocycles. The molecule has 2 saturated heterocycles. The number of morpholine rings is 1. The van der Waals surface area contributed by atoms with Crippen LogP contribution in [0.5, 0.6) is 0 Å². The van der Waals surface area contributed by atoms with Gasteiger partial charge in [0, 0.05) is 13.1 Å². The molecule has 7 nitrogen and oxygen atoms in total. The van der Waals surface area contributed by atoms with Crippen LogP contribution in [0.25, 0.3) is 0 Å². The SMILES string of the molecule is CC[C@]1(c2ccc(F)cc2)NC(=O)N(CC(=O)N2C[C@H](C)O[C@@H](C)C2)C1=O. The number of ether oxygens (including phenoxy) is 1. The van der Waals surface area contributed by atoms with E-state index in [-0.39, 0.29) is 24.7 Å². The lowest BCUT2D eigenvalue weighted by Crippen LogP contribution is -2.52. The Balaban J connectivity index is 1.79. The van der Waals surface area contributed by atoms with E-state index < -0.39 is 23.3 Å². The van der Waals surface area contributed by atoms with Crippen LogP contribution in [0.4, 0.5) is 9.18 Å². The van der Waals surface area contributed by atoms with Crippen molar-refractivity contribution >= 4 is 17.8 Å². The minimum atomic E-state index is -1.28. The number of halogens is 1. The molecule has 2 fully saturated rings. The number of benzene rings is 1. The Morgan fingerprint density at radius 2 is 1.81 bits per heavy atom. The summed E-state index contributed by atoms with van der Waals surface area (Å²) in [6.07, 6.45) is 0.0870. The van der Waals surface area contributed by atoms with Crippen LogP contribution in [0.1, 0.15) is 32.8 Å². The van der Waals surface area contributed by atoms with Gasteiger partial charge in [0.15, 0.2) is 0 Å². The van der Waals surface area contributed by atoms with Gasteiger partial charge in [0.2, 0.25) is 5.91 Å². The Hall–Kier alpha value is -2.48. The van der Waals surface area contributed by atoms with Crippen molar-refractivity contribution in [3.63, 3.8) is 0 Å². The summed E-state index contributed by atoms with van der Waals surface area (Å²) < 4.78 is 18.9. The van der Waals surface area contributed by atoms with E-state index in [1.54, 1.807) is 11.8 Å². The highest BCUT2D eigenvalue weighted by Gasteiger charge is 2.52. The monoisotopic (exact) mass is 377 g/mol. The topological polar surface area (TPSA) is 79.0 Å². The first-order valence-corrected chi connectivity index (χ1v) is 9.10. The molecular weight excluding hydrogens is 353 g/mol. The smallest absolute Gasteiger partial charge is 0.325 e. The molecule has 1 aromatic rings. The van der Waals surface area contributed by atoms with Gasteiger partial charge in [-0.25, -0.2) is 9.18 Å². The lowest BCUT2D eigenvalue weighted by atomic mass is 9.87.